The van der Waals surface area contributed by atoms with Crippen LogP contribution in [0.5, 0.6) is 0 Å². The average molecular weight is 276 g/mol. The molecule has 112 valence electrons. The molecular formula is C16H28N4. The molecule has 0 spiro atoms. The third-order valence-corrected chi connectivity index (χ3v) is 4.28. The van der Waals surface area contributed by atoms with E-state index in [0.717, 1.165) is 48.8 Å². The number of anilines is 2. The first kappa shape index (κ1) is 15.1. The third kappa shape index (κ3) is 4.09. The van der Waals surface area contributed by atoms with Crippen molar-refractivity contribution in [3.05, 3.63) is 11.9 Å². The highest BCUT2D eigenvalue weighted by atomic mass is 15.1. The van der Waals surface area contributed by atoms with Crippen LogP contribution in [0.4, 0.5) is 11.6 Å². The Bertz CT molecular complexity index is 419. The second-order valence-electron chi connectivity index (χ2n) is 5.84. The summed E-state index contributed by atoms with van der Waals surface area (Å²) in [4.78, 5) is 9.07. The van der Waals surface area contributed by atoms with Crippen molar-refractivity contribution in [1.82, 2.24) is 9.97 Å². The van der Waals surface area contributed by atoms with Gasteiger partial charge in [-0.05, 0) is 25.2 Å². The van der Waals surface area contributed by atoms with Crippen molar-refractivity contribution < 1.29 is 0 Å². The minimum Gasteiger partial charge on any atom is -0.370 e. The topological polar surface area (TPSA) is 49.8 Å². The fourth-order valence-electron chi connectivity index (χ4n) is 2.95. The van der Waals surface area contributed by atoms with E-state index >= 15 is 0 Å². The maximum Gasteiger partial charge on any atom is 0.132 e. The molecule has 1 aliphatic rings. The highest BCUT2D eigenvalue weighted by molar-refractivity contribution is 5.47. The van der Waals surface area contributed by atoms with Gasteiger partial charge in [-0.25, -0.2) is 9.97 Å². The van der Waals surface area contributed by atoms with Crippen LogP contribution in [0.3, 0.4) is 0 Å². The Balaban J connectivity index is 1.98. The zero-order valence-electron chi connectivity index (χ0n) is 13.1. The Morgan fingerprint density at radius 3 is 2.45 bits per heavy atom. The summed E-state index contributed by atoms with van der Waals surface area (Å²) in [5, 5.41) is 6.81. The van der Waals surface area contributed by atoms with E-state index < -0.39 is 0 Å². The van der Waals surface area contributed by atoms with Crippen molar-refractivity contribution in [2.45, 2.75) is 52.9 Å². The lowest BCUT2D eigenvalue weighted by Crippen LogP contribution is -2.24. The number of nitrogens with zero attached hydrogens (tertiary/aromatic N) is 2. The molecule has 2 N–H and O–H groups in total. The van der Waals surface area contributed by atoms with Crippen LogP contribution < -0.4 is 10.6 Å². The van der Waals surface area contributed by atoms with Gasteiger partial charge in [0.1, 0.15) is 17.5 Å². The summed E-state index contributed by atoms with van der Waals surface area (Å²) >= 11 is 0. The van der Waals surface area contributed by atoms with Crippen molar-refractivity contribution in [1.29, 1.82) is 0 Å². The Morgan fingerprint density at radius 1 is 1.10 bits per heavy atom. The van der Waals surface area contributed by atoms with E-state index in [9.17, 15) is 0 Å². The molecule has 0 bridgehead atoms. The summed E-state index contributed by atoms with van der Waals surface area (Å²) in [7, 11) is 0. The van der Waals surface area contributed by atoms with E-state index in [4.69, 9.17) is 0 Å². The van der Waals surface area contributed by atoms with Crippen LogP contribution in [-0.2, 0) is 6.42 Å². The van der Waals surface area contributed by atoms with Gasteiger partial charge in [-0.15, -0.1) is 0 Å². The first-order valence-corrected chi connectivity index (χ1v) is 8.08. The largest absolute Gasteiger partial charge is 0.370 e. The number of aromatic nitrogens is 2. The van der Waals surface area contributed by atoms with Crippen LogP contribution in [0.25, 0.3) is 0 Å². The van der Waals surface area contributed by atoms with Crippen molar-refractivity contribution in [3.8, 4) is 0 Å². The molecule has 4 heteroatoms. The van der Waals surface area contributed by atoms with Gasteiger partial charge in [-0.2, -0.15) is 0 Å². The Labute approximate surface area is 122 Å². The van der Waals surface area contributed by atoms with Crippen molar-refractivity contribution in [2.75, 3.05) is 23.7 Å². The highest BCUT2D eigenvalue weighted by Gasteiger charge is 2.21. The molecule has 4 nitrogen and oxygen atoms in total. The molecule has 0 amide bonds. The van der Waals surface area contributed by atoms with Crippen LogP contribution >= 0.6 is 0 Å². The average Bonchev–Trinajstić information content (AvgIpc) is 2.46. The van der Waals surface area contributed by atoms with Crippen LogP contribution in [0, 0.1) is 11.8 Å². The SMILES string of the molecule is CCNc1cc(NCC2CCCCC2C)nc(CC)n1. The predicted molar refractivity (Wildman–Crippen MR) is 85.2 cm³/mol. The van der Waals surface area contributed by atoms with E-state index in [2.05, 4.69) is 41.4 Å². The van der Waals surface area contributed by atoms with Gasteiger partial charge in [0, 0.05) is 25.6 Å². The maximum absolute atomic E-state index is 4.58. The summed E-state index contributed by atoms with van der Waals surface area (Å²) in [5.74, 6) is 4.41. The molecule has 2 atom stereocenters. The standard InChI is InChI=1S/C16H28N4/c1-4-14-19-15(17-5-2)10-16(20-14)18-11-13-9-7-6-8-12(13)3/h10,12-13H,4-9,11H2,1-3H3,(H2,17,18,19,20). The van der Waals surface area contributed by atoms with Gasteiger partial charge in [0.25, 0.3) is 0 Å². The molecule has 2 unspecified atom stereocenters. The van der Waals surface area contributed by atoms with E-state index in [1.165, 1.54) is 25.7 Å². The number of hydrogen-bond acceptors (Lipinski definition) is 4. The number of nitrogens with one attached hydrogen (secondary N) is 2. The molecule has 0 aromatic carbocycles. The predicted octanol–water partition coefficient (Wildman–Crippen LogP) is 3.71. The minimum absolute atomic E-state index is 0.784. The van der Waals surface area contributed by atoms with Crippen molar-refractivity contribution in [3.63, 3.8) is 0 Å². The quantitative estimate of drug-likeness (QED) is 0.831. The molecule has 0 radical (unpaired) electrons. The molecule has 0 saturated heterocycles. The summed E-state index contributed by atoms with van der Waals surface area (Å²) < 4.78 is 0. The van der Waals surface area contributed by atoms with Gasteiger partial charge in [0.2, 0.25) is 0 Å². The fraction of sp³-hybridized carbons (Fsp3) is 0.750. The van der Waals surface area contributed by atoms with Gasteiger partial charge in [0.15, 0.2) is 0 Å². The van der Waals surface area contributed by atoms with Crippen LogP contribution in [-0.4, -0.2) is 23.1 Å². The first-order valence-electron chi connectivity index (χ1n) is 8.08. The number of hydrogen-bond donors (Lipinski definition) is 2. The van der Waals surface area contributed by atoms with Crippen molar-refractivity contribution >= 4 is 11.6 Å². The second-order valence-corrected chi connectivity index (χ2v) is 5.84. The molecule has 1 fully saturated rings. The third-order valence-electron chi connectivity index (χ3n) is 4.28. The fourth-order valence-corrected chi connectivity index (χ4v) is 2.95. The van der Waals surface area contributed by atoms with Gasteiger partial charge in [-0.1, -0.05) is 33.1 Å². The Hall–Kier alpha value is -1.32. The van der Waals surface area contributed by atoms with E-state index in [1.807, 2.05) is 6.07 Å². The molecule has 1 heterocycles. The first-order chi connectivity index (χ1) is 9.72. The monoisotopic (exact) mass is 276 g/mol. The minimum atomic E-state index is 0.784. The van der Waals surface area contributed by atoms with E-state index in [-0.39, 0.29) is 0 Å². The second kappa shape index (κ2) is 7.46. The molecule has 2 rings (SSSR count). The van der Waals surface area contributed by atoms with Crippen LogP contribution in [0.1, 0.15) is 52.3 Å². The smallest absolute Gasteiger partial charge is 0.132 e. The molecular weight excluding hydrogens is 248 g/mol. The molecule has 1 saturated carbocycles. The van der Waals surface area contributed by atoms with E-state index in [0.29, 0.717) is 0 Å². The molecule has 20 heavy (non-hydrogen) atoms. The lowest BCUT2D eigenvalue weighted by Gasteiger charge is -2.29. The Morgan fingerprint density at radius 2 is 1.80 bits per heavy atom. The summed E-state index contributed by atoms with van der Waals surface area (Å²) in [6.07, 6.45) is 6.37. The van der Waals surface area contributed by atoms with Gasteiger partial charge < -0.3 is 10.6 Å². The molecule has 1 aliphatic carbocycles. The lowest BCUT2D eigenvalue weighted by atomic mass is 9.80. The summed E-state index contributed by atoms with van der Waals surface area (Å²) in [5.41, 5.74) is 0. The summed E-state index contributed by atoms with van der Waals surface area (Å²) in [6, 6.07) is 2.02. The number of rotatable bonds is 6. The maximum atomic E-state index is 4.58. The van der Waals surface area contributed by atoms with Gasteiger partial charge in [0.05, 0.1) is 0 Å². The lowest BCUT2D eigenvalue weighted by molar-refractivity contribution is 0.268. The molecule has 0 aliphatic heterocycles. The van der Waals surface area contributed by atoms with E-state index in [1.54, 1.807) is 0 Å². The highest BCUT2D eigenvalue weighted by Crippen LogP contribution is 2.29. The molecule has 1 aromatic heterocycles. The van der Waals surface area contributed by atoms with Crippen LogP contribution in [0.2, 0.25) is 0 Å². The zero-order valence-corrected chi connectivity index (χ0v) is 13.1. The zero-order chi connectivity index (χ0) is 14.4. The van der Waals surface area contributed by atoms with Crippen LogP contribution in [0.15, 0.2) is 6.07 Å². The molecule has 1 aromatic rings. The normalized spacial score (nSPS) is 22.6. The summed E-state index contributed by atoms with van der Waals surface area (Å²) in [6.45, 7) is 8.49. The van der Waals surface area contributed by atoms with Gasteiger partial charge in [-0.3, -0.25) is 0 Å². The van der Waals surface area contributed by atoms with Gasteiger partial charge >= 0.3 is 0 Å². The Kier molecular flexibility index (Phi) is 5.62. The number of aryl methyl sites for hydroxylation is 1. The van der Waals surface area contributed by atoms with Crippen molar-refractivity contribution in [2.24, 2.45) is 11.8 Å².